The Labute approximate surface area is 146 Å². The van der Waals surface area contributed by atoms with Gasteiger partial charge in [-0.2, -0.15) is 0 Å². The number of rotatable bonds is 6. The highest BCUT2D eigenvalue weighted by Gasteiger charge is 2.23. The highest BCUT2D eigenvalue weighted by Crippen LogP contribution is 2.31. The lowest BCUT2D eigenvalue weighted by Crippen LogP contribution is -2.30. The number of benzene rings is 2. The number of aryl methyl sites for hydroxylation is 1. The van der Waals surface area contributed by atoms with Crippen molar-refractivity contribution in [3.63, 3.8) is 0 Å². The maximum absolute atomic E-state index is 12.4. The fourth-order valence-corrected chi connectivity index (χ4v) is 2.29. The Morgan fingerprint density at radius 1 is 1.04 bits per heavy atom. The van der Waals surface area contributed by atoms with Gasteiger partial charge in [-0.25, -0.2) is 4.79 Å². The highest BCUT2D eigenvalue weighted by molar-refractivity contribution is 5.98. The summed E-state index contributed by atoms with van der Waals surface area (Å²) in [6.45, 7) is 3.43. The molecule has 2 rings (SSSR count). The molecule has 25 heavy (non-hydrogen) atoms. The van der Waals surface area contributed by atoms with Crippen LogP contribution in [0.3, 0.4) is 0 Å². The number of methoxy groups -OCH3 is 2. The van der Waals surface area contributed by atoms with Crippen LogP contribution in [0.1, 0.15) is 22.8 Å². The topological polar surface area (TPSA) is 73.9 Å². The van der Waals surface area contributed by atoms with Crippen molar-refractivity contribution in [1.82, 2.24) is 0 Å². The molecule has 1 N–H and O–H groups in total. The van der Waals surface area contributed by atoms with Crippen molar-refractivity contribution in [3.8, 4) is 11.5 Å². The lowest BCUT2D eigenvalue weighted by atomic mass is 10.2. The summed E-state index contributed by atoms with van der Waals surface area (Å²) in [4.78, 5) is 24.6. The van der Waals surface area contributed by atoms with Crippen LogP contribution in [0.5, 0.6) is 11.5 Å². The molecule has 0 aliphatic carbocycles. The molecule has 1 atom stereocenters. The van der Waals surface area contributed by atoms with Gasteiger partial charge in [0.1, 0.15) is 5.56 Å². The maximum atomic E-state index is 12.4. The standard InChI is InChI=1S/C19H21NO5/c1-12-7-5-8-14(11-12)20-18(21)13(2)25-19(22)15-9-6-10-16(23-3)17(15)24-4/h5-11,13H,1-4H3,(H,20,21)/t13-/m1/s1. The molecule has 0 fully saturated rings. The zero-order valence-corrected chi connectivity index (χ0v) is 14.7. The summed E-state index contributed by atoms with van der Waals surface area (Å²) in [5.41, 5.74) is 1.85. The largest absolute Gasteiger partial charge is 0.493 e. The molecule has 0 saturated carbocycles. The normalized spacial score (nSPS) is 11.4. The zero-order chi connectivity index (χ0) is 18.4. The van der Waals surface area contributed by atoms with E-state index in [0.717, 1.165) is 5.56 Å². The third-order valence-electron chi connectivity index (χ3n) is 3.56. The second-order valence-corrected chi connectivity index (χ2v) is 5.45. The summed E-state index contributed by atoms with van der Waals surface area (Å²) in [6, 6.07) is 12.2. The SMILES string of the molecule is COc1cccc(C(=O)O[C@H](C)C(=O)Nc2cccc(C)c2)c1OC. The minimum atomic E-state index is -0.969. The van der Waals surface area contributed by atoms with Crippen molar-refractivity contribution >= 4 is 17.6 Å². The van der Waals surface area contributed by atoms with Gasteiger partial charge in [-0.15, -0.1) is 0 Å². The van der Waals surface area contributed by atoms with Crippen LogP contribution in [0, 0.1) is 6.92 Å². The molecule has 0 heterocycles. The van der Waals surface area contributed by atoms with E-state index in [-0.39, 0.29) is 11.3 Å². The maximum Gasteiger partial charge on any atom is 0.342 e. The van der Waals surface area contributed by atoms with Crippen molar-refractivity contribution in [3.05, 3.63) is 53.6 Å². The molecule has 0 spiro atoms. The third kappa shape index (κ3) is 4.50. The number of esters is 1. The minimum absolute atomic E-state index is 0.192. The fourth-order valence-electron chi connectivity index (χ4n) is 2.29. The van der Waals surface area contributed by atoms with Gasteiger partial charge in [-0.05, 0) is 43.7 Å². The first-order valence-corrected chi connectivity index (χ1v) is 7.75. The van der Waals surface area contributed by atoms with Gasteiger partial charge >= 0.3 is 5.97 Å². The molecule has 0 saturated heterocycles. The van der Waals surface area contributed by atoms with Crippen molar-refractivity contribution in [2.45, 2.75) is 20.0 Å². The van der Waals surface area contributed by atoms with Gasteiger partial charge in [0.2, 0.25) is 0 Å². The summed E-state index contributed by atoms with van der Waals surface area (Å²) >= 11 is 0. The molecule has 0 unspecified atom stereocenters. The average Bonchev–Trinajstić information content (AvgIpc) is 2.60. The Hall–Kier alpha value is -3.02. The predicted octanol–water partition coefficient (Wildman–Crippen LogP) is 3.20. The molecule has 0 aromatic heterocycles. The van der Waals surface area contributed by atoms with Crippen LogP contribution in [0.25, 0.3) is 0 Å². The van der Waals surface area contributed by atoms with Crippen LogP contribution in [-0.2, 0) is 9.53 Å². The Balaban J connectivity index is 2.08. The van der Waals surface area contributed by atoms with Crippen molar-refractivity contribution < 1.29 is 23.8 Å². The molecule has 2 aromatic rings. The van der Waals surface area contributed by atoms with Crippen LogP contribution in [0.4, 0.5) is 5.69 Å². The van der Waals surface area contributed by atoms with E-state index in [1.54, 1.807) is 24.3 Å². The number of nitrogens with one attached hydrogen (secondary N) is 1. The van der Waals surface area contributed by atoms with Gasteiger partial charge in [0.15, 0.2) is 17.6 Å². The van der Waals surface area contributed by atoms with Gasteiger partial charge < -0.3 is 19.5 Å². The first kappa shape index (κ1) is 18.3. The van der Waals surface area contributed by atoms with Gasteiger partial charge in [-0.1, -0.05) is 18.2 Å². The number of ether oxygens (including phenoxy) is 3. The molecule has 0 aliphatic heterocycles. The molecular weight excluding hydrogens is 322 g/mol. The van der Waals surface area contributed by atoms with E-state index in [1.807, 2.05) is 25.1 Å². The Morgan fingerprint density at radius 2 is 1.76 bits per heavy atom. The van der Waals surface area contributed by atoms with E-state index in [2.05, 4.69) is 5.32 Å². The van der Waals surface area contributed by atoms with Gasteiger partial charge in [-0.3, -0.25) is 4.79 Å². The summed E-state index contributed by atoms with van der Waals surface area (Å²) in [5, 5.41) is 2.72. The monoisotopic (exact) mass is 343 g/mol. The van der Waals surface area contributed by atoms with Crippen LogP contribution in [-0.4, -0.2) is 32.2 Å². The first-order chi connectivity index (χ1) is 12.0. The van der Waals surface area contributed by atoms with Crippen molar-refractivity contribution in [2.24, 2.45) is 0 Å². The molecule has 2 aromatic carbocycles. The van der Waals surface area contributed by atoms with E-state index >= 15 is 0 Å². The van der Waals surface area contributed by atoms with E-state index < -0.39 is 18.0 Å². The van der Waals surface area contributed by atoms with Crippen LogP contribution < -0.4 is 14.8 Å². The van der Waals surface area contributed by atoms with Crippen LogP contribution in [0.2, 0.25) is 0 Å². The van der Waals surface area contributed by atoms with E-state index in [0.29, 0.717) is 11.4 Å². The lowest BCUT2D eigenvalue weighted by molar-refractivity contribution is -0.123. The summed E-state index contributed by atoms with van der Waals surface area (Å²) in [7, 11) is 2.91. The Kier molecular flexibility index (Phi) is 6.00. The number of carbonyl (C=O) groups excluding carboxylic acids is 2. The molecule has 6 heteroatoms. The fraction of sp³-hybridized carbons (Fsp3) is 0.263. The average molecular weight is 343 g/mol. The smallest absolute Gasteiger partial charge is 0.342 e. The number of para-hydroxylation sites is 1. The highest BCUT2D eigenvalue weighted by atomic mass is 16.6. The van der Waals surface area contributed by atoms with Crippen LogP contribution >= 0.6 is 0 Å². The molecule has 0 radical (unpaired) electrons. The second-order valence-electron chi connectivity index (χ2n) is 5.45. The summed E-state index contributed by atoms with van der Waals surface area (Å²) in [5.74, 6) is -0.404. The first-order valence-electron chi connectivity index (χ1n) is 7.75. The molecule has 1 amide bonds. The van der Waals surface area contributed by atoms with Gasteiger partial charge in [0.25, 0.3) is 5.91 Å². The minimum Gasteiger partial charge on any atom is -0.493 e. The molecule has 0 aliphatic rings. The lowest BCUT2D eigenvalue weighted by Gasteiger charge is -2.16. The zero-order valence-electron chi connectivity index (χ0n) is 14.7. The van der Waals surface area contributed by atoms with E-state index in [4.69, 9.17) is 14.2 Å². The van der Waals surface area contributed by atoms with Crippen molar-refractivity contribution in [2.75, 3.05) is 19.5 Å². The van der Waals surface area contributed by atoms with Gasteiger partial charge in [0.05, 0.1) is 14.2 Å². The number of carbonyl (C=O) groups is 2. The number of hydrogen-bond acceptors (Lipinski definition) is 5. The molecular formula is C19H21NO5. The molecule has 6 nitrogen and oxygen atoms in total. The second kappa shape index (κ2) is 8.19. The Morgan fingerprint density at radius 3 is 2.40 bits per heavy atom. The number of anilines is 1. The number of hydrogen-bond donors (Lipinski definition) is 1. The van der Waals surface area contributed by atoms with E-state index in [1.165, 1.54) is 21.1 Å². The molecule has 132 valence electrons. The Bertz CT molecular complexity index is 772. The quantitative estimate of drug-likeness (QED) is 0.816. The van der Waals surface area contributed by atoms with Crippen LogP contribution in [0.15, 0.2) is 42.5 Å². The van der Waals surface area contributed by atoms with Gasteiger partial charge in [0, 0.05) is 5.69 Å². The number of amides is 1. The predicted molar refractivity (Wildman–Crippen MR) is 94.2 cm³/mol. The van der Waals surface area contributed by atoms with Crippen molar-refractivity contribution in [1.29, 1.82) is 0 Å². The van der Waals surface area contributed by atoms with E-state index in [9.17, 15) is 9.59 Å². The summed E-state index contributed by atoms with van der Waals surface area (Å²) < 4.78 is 15.6. The summed E-state index contributed by atoms with van der Waals surface area (Å²) in [6.07, 6.45) is -0.969. The third-order valence-corrected chi connectivity index (χ3v) is 3.56. The molecule has 0 bridgehead atoms.